The van der Waals surface area contributed by atoms with Gasteiger partial charge < -0.3 is 0 Å². The first kappa shape index (κ1) is 10.6. The molecule has 0 aliphatic rings. The summed E-state index contributed by atoms with van der Waals surface area (Å²) in [7, 11) is 0. The van der Waals surface area contributed by atoms with Gasteiger partial charge in [0, 0.05) is 23.2 Å². The van der Waals surface area contributed by atoms with Crippen molar-refractivity contribution in [2.75, 3.05) is 0 Å². The van der Waals surface area contributed by atoms with Crippen LogP contribution in [0.5, 0.6) is 0 Å². The van der Waals surface area contributed by atoms with Crippen molar-refractivity contribution < 1.29 is 0 Å². The van der Waals surface area contributed by atoms with Crippen LogP contribution >= 0.6 is 0 Å². The Labute approximate surface area is 95.6 Å². The van der Waals surface area contributed by atoms with E-state index in [1.165, 1.54) is 5.56 Å². The highest BCUT2D eigenvalue weighted by molar-refractivity contribution is 5.87. The third kappa shape index (κ3) is 1.77. The van der Waals surface area contributed by atoms with Crippen LogP contribution in [0.1, 0.15) is 31.9 Å². The first-order valence-corrected chi connectivity index (χ1v) is 5.31. The van der Waals surface area contributed by atoms with E-state index in [1.54, 1.807) is 12.4 Å². The maximum absolute atomic E-state index is 9.04. The van der Waals surface area contributed by atoms with Crippen LogP contribution in [0.3, 0.4) is 0 Å². The predicted molar refractivity (Wildman–Crippen MR) is 65.2 cm³/mol. The zero-order valence-corrected chi connectivity index (χ0v) is 9.78. The lowest BCUT2D eigenvalue weighted by atomic mass is 9.86. The number of nitrogens with zero attached hydrogens (tertiary/aromatic N) is 2. The molecule has 0 saturated carbocycles. The highest BCUT2D eigenvalue weighted by Gasteiger charge is 2.14. The second-order valence-corrected chi connectivity index (χ2v) is 4.98. The second kappa shape index (κ2) is 3.61. The average Bonchev–Trinajstić information content (AvgIpc) is 2.26. The van der Waals surface area contributed by atoms with Gasteiger partial charge in [-0.15, -0.1) is 0 Å². The van der Waals surface area contributed by atoms with Gasteiger partial charge in [-0.25, -0.2) is 0 Å². The van der Waals surface area contributed by atoms with Gasteiger partial charge in [-0.05, 0) is 17.0 Å². The van der Waals surface area contributed by atoms with Crippen LogP contribution in [0.4, 0.5) is 0 Å². The number of pyridine rings is 1. The van der Waals surface area contributed by atoms with E-state index in [0.29, 0.717) is 5.56 Å². The molecule has 0 aliphatic heterocycles. The van der Waals surface area contributed by atoms with Crippen molar-refractivity contribution in [1.29, 1.82) is 5.26 Å². The molecule has 2 nitrogen and oxygen atoms in total. The quantitative estimate of drug-likeness (QED) is 0.668. The SMILES string of the molecule is CC(C)(C)c1ccc2cncc(C#N)c2c1. The Bertz CT molecular complexity index is 571. The van der Waals surface area contributed by atoms with E-state index in [-0.39, 0.29) is 5.41 Å². The topological polar surface area (TPSA) is 36.7 Å². The van der Waals surface area contributed by atoms with Crippen molar-refractivity contribution in [2.45, 2.75) is 26.2 Å². The summed E-state index contributed by atoms with van der Waals surface area (Å²) < 4.78 is 0. The molecule has 0 amide bonds. The molecule has 0 unspecified atom stereocenters. The Kier molecular flexibility index (Phi) is 2.40. The Balaban J connectivity index is 2.75. The summed E-state index contributed by atoms with van der Waals surface area (Å²) in [6, 6.07) is 8.41. The third-order valence-electron chi connectivity index (χ3n) is 2.75. The van der Waals surface area contributed by atoms with Crippen molar-refractivity contribution >= 4 is 10.8 Å². The van der Waals surface area contributed by atoms with Crippen LogP contribution in [0.25, 0.3) is 10.8 Å². The first-order valence-electron chi connectivity index (χ1n) is 5.31. The summed E-state index contributed by atoms with van der Waals surface area (Å²) in [5.41, 5.74) is 1.98. The van der Waals surface area contributed by atoms with Gasteiger partial charge in [-0.2, -0.15) is 5.26 Å². The summed E-state index contributed by atoms with van der Waals surface area (Å²) in [6.45, 7) is 6.50. The maximum atomic E-state index is 9.04. The predicted octanol–water partition coefficient (Wildman–Crippen LogP) is 3.40. The van der Waals surface area contributed by atoms with Gasteiger partial charge in [-0.3, -0.25) is 4.98 Å². The highest BCUT2D eigenvalue weighted by Crippen LogP contribution is 2.27. The molecule has 2 heteroatoms. The number of benzene rings is 1. The van der Waals surface area contributed by atoms with E-state index in [9.17, 15) is 0 Å². The van der Waals surface area contributed by atoms with Crippen LogP contribution in [0.2, 0.25) is 0 Å². The van der Waals surface area contributed by atoms with Crippen LogP contribution < -0.4 is 0 Å². The molecule has 0 aliphatic carbocycles. The minimum Gasteiger partial charge on any atom is -0.263 e. The van der Waals surface area contributed by atoms with Gasteiger partial charge in [0.05, 0.1) is 5.56 Å². The summed E-state index contributed by atoms with van der Waals surface area (Å²) in [5, 5.41) is 11.1. The zero-order chi connectivity index (χ0) is 11.8. The van der Waals surface area contributed by atoms with Gasteiger partial charge in [0.2, 0.25) is 0 Å². The van der Waals surface area contributed by atoms with Crippen LogP contribution in [0.15, 0.2) is 30.6 Å². The van der Waals surface area contributed by atoms with E-state index in [1.807, 2.05) is 6.07 Å². The lowest BCUT2D eigenvalue weighted by molar-refractivity contribution is 0.591. The fourth-order valence-corrected chi connectivity index (χ4v) is 1.72. The van der Waals surface area contributed by atoms with Crippen LogP contribution in [-0.2, 0) is 5.41 Å². The summed E-state index contributed by atoms with van der Waals surface area (Å²) in [6.07, 6.45) is 3.41. The minimum absolute atomic E-state index is 0.101. The van der Waals surface area contributed by atoms with Gasteiger partial charge in [0.25, 0.3) is 0 Å². The molecule has 0 atom stereocenters. The number of hydrogen-bond acceptors (Lipinski definition) is 2. The largest absolute Gasteiger partial charge is 0.263 e. The molecule has 1 heterocycles. The van der Waals surface area contributed by atoms with Crippen molar-refractivity contribution in [2.24, 2.45) is 0 Å². The monoisotopic (exact) mass is 210 g/mol. The minimum atomic E-state index is 0.101. The first-order chi connectivity index (χ1) is 7.52. The smallest absolute Gasteiger partial charge is 0.101 e. The summed E-state index contributed by atoms with van der Waals surface area (Å²) in [5.74, 6) is 0. The van der Waals surface area contributed by atoms with E-state index in [2.05, 4.69) is 44.0 Å². The van der Waals surface area contributed by atoms with Gasteiger partial charge in [0.15, 0.2) is 0 Å². The lowest BCUT2D eigenvalue weighted by Crippen LogP contribution is -2.10. The molecule has 0 saturated heterocycles. The normalized spacial score (nSPS) is 11.4. The second-order valence-electron chi connectivity index (χ2n) is 4.98. The molecule has 0 fully saturated rings. The van der Waals surface area contributed by atoms with Crippen molar-refractivity contribution in [3.8, 4) is 6.07 Å². The number of fused-ring (bicyclic) bond motifs is 1. The Morgan fingerprint density at radius 3 is 2.56 bits per heavy atom. The Hall–Kier alpha value is -1.88. The molecule has 0 spiro atoms. The maximum Gasteiger partial charge on any atom is 0.101 e. The molecular formula is C14H14N2. The van der Waals surface area contributed by atoms with Crippen molar-refractivity contribution in [3.05, 3.63) is 41.7 Å². The van der Waals surface area contributed by atoms with Gasteiger partial charge in [0.1, 0.15) is 6.07 Å². The molecular weight excluding hydrogens is 196 g/mol. The fourth-order valence-electron chi connectivity index (χ4n) is 1.72. The Morgan fingerprint density at radius 2 is 1.94 bits per heavy atom. The molecule has 1 aromatic heterocycles. The lowest BCUT2D eigenvalue weighted by Gasteiger charge is -2.19. The van der Waals surface area contributed by atoms with Gasteiger partial charge >= 0.3 is 0 Å². The summed E-state index contributed by atoms with van der Waals surface area (Å²) in [4.78, 5) is 4.05. The van der Waals surface area contributed by atoms with E-state index < -0.39 is 0 Å². The van der Waals surface area contributed by atoms with E-state index in [0.717, 1.165) is 10.8 Å². The average molecular weight is 210 g/mol. The molecule has 0 N–H and O–H groups in total. The number of rotatable bonds is 0. The molecule has 16 heavy (non-hydrogen) atoms. The third-order valence-corrected chi connectivity index (χ3v) is 2.75. The number of hydrogen-bond donors (Lipinski definition) is 0. The highest BCUT2D eigenvalue weighted by atomic mass is 14.6. The summed E-state index contributed by atoms with van der Waals surface area (Å²) >= 11 is 0. The molecule has 2 rings (SSSR count). The number of nitriles is 1. The Morgan fingerprint density at radius 1 is 1.19 bits per heavy atom. The molecule has 1 aromatic carbocycles. The molecule has 80 valence electrons. The van der Waals surface area contributed by atoms with Crippen LogP contribution in [0, 0.1) is 11.3 Å². The van der Waals surface area contributed by atoms with E-state index in [4.69, 9.17) is 5.26 Å². The molecule has 0 bridgehead atoms. The fraction of sp³-hybridized carbons (Fsp3) is 0.286. The molecule has 0 radical (unpaired) electrons. The van der Waals surface area contributed by atoms with Gasteiger partial charge in [-0.1, -0.05) is 32.9 Å². The zero-order valence-electron chi connectivity index (χ0n) is 9.78. The standard InChI is InChI=1S/C14H14N2/c1-14(2,3)12-5-4-10-8-16-9-11(7-15)13(10)6-12/h4-6,8-9H,1-3H3. The van der Waals surface area contributed by atoms with Crippen LogP contribution in [-0.4, -0.2) is 4.98 Å². The van der Waals surface area contributed by atoms with Crippen molar-refractivity contribution in [1.82, 2.24) is 4.98 Å². The van der Waals surface area contributed by atoms with E-state index >= 15 is 0 Å². The van der Waals surface area contributed by atoms with Crippen molar-refractivity contribution in [3.63, 3.8) is 0 Å². The number of aromatic nitrogens is 1. The molecule has 2 aromatic rings.